The van der Waals surface area contributed by atoms with Gasteiger partial charge in [0.05, 0.1) is 6.42 Å². The zero-order chi connectivity index (χ0) is 20.1. The second-order valence-electron chi connectivity index (χ2n) is 6.29. The van der Waals surface area contributed by atoms with E-state index >= 15 is 0 Å². The van der Waals surface area contributed by atoms with Gasteiger partial charge in [-0.25, -0.2) is 15.0 Å². The first-order chi connectivity index (χ1) is 14.2. The van der Waals surface area contributed by atoms with Crippen LogP contribution in [0.2, 0.25) is 5.02 Å². The van der Waals surface area contributed by atoms with Crippen LogP contribution in [-0.2, 0) is 11.2 Å². The van der Waals surface area contributed by atoms with E-state index in [4.69, 9.17) is 11.6 Å². The summed E-state index contributed by atoms with van der Waals surface area (Å²) in [5.41, 5.74) is 2.47. The van der Waals surface area contributed by atoms with Crippen LogP contribution in [0.4, 0.5) is 17.2 Å². The van der Waals surface area contributed by atoms with Gasteiger partial charge in [0, 0.05) is 34.9 Å². The standard InChI is InChI=1S/C21H17ClN6O/c22-16-3-1-15(2-4-16)11-21(29)27-18-7-5-17(6-8-18)26-19-12-20(25-13-24-19)28-10-9-23-14-28/h1-10,12-14H,11H2,(H,27,29)(H,24,25,26). The maximum Gasteiger partial charge on any atom is 0.228 e. The van der Waals surface area contributed by atoms with Crippen LogP contribution in [0.1, 0.15) is 5.56 Å². The molecule has 0 atom stereocenters. The Kier molecular flexibility index (Phi) is 5.49. The molecule has 4 rings (SSSR count). The van der Waals surface area contributed by atoms with Crippen molar-refractivity contribution < 1.29 is 4.79 Å². The second kappa shape index (κ2) is 8.53. The van der Waals surface area contributed by atoms with Crippen LogP contribution in [0.5, 0.6) is 0 Å². The minimum Gasteiger partial charge on any atom is -0.340 e. The van der Waals surface area contributed by atoms with E-state index in [1.165, 1.54) is 6.33 Å². The molecule has 0 saturated heterocycles. The molecule has 7 nitrogen and oxygen atoms in total. The van der Waals surface area contributed by atoms with Gasteiger partial charge >= 0.3 is 0 Å². The average molecular weight is 405 g/mol. The molecule has 2 aromatic heterocycles. The largest absolute Gasteiger partial charge is 0.340 e. The molecule has 0 aliphatic heterocycles. The highest BCUT2D eigenvalue weighted by molar-refractivity contribution is 6.30. The second-order valence-corrected chi connectivity index (χ2v) is 6.72. The fourth-order valence-corrected chi connectivity index (χ4v) is 2.85. The molecule has 2 N–H and O–H groups in total. The van der Waals surface area contributed by atoms with Crippen molar-refractivity contribution in [3.63, 3.8) is 0 Å². The van der Waals surface area contributed by atoms with Crippen molar-refractivity contribution in [2.45, 2.75) is 6.42 Å². The predicted molar refractivity (Wildman–Crippen MR) is 113 cm³/mol. The zero-order valence-electron chi connectivity index (χ0n) is 15.3. The van der Waals surface area contributed by atoms with Crippen molar-refractivity contribution in [2.75, 3.05) is 10.6 Å². The maximum atomic E-state index is 12.2. The summed E-state index contributed by atoms with van der Waals surface area (Å²) in [4.78, 5) is 24.7. The lowest BCUT2D eigenvalue weighted by molar-refractivity contribution is -0.115. The predicted octanol–water partition coefficient (Wildman–Crippen LogP) is 4.24. The van der Waals surface area contributed by atoms with Crippen LogP contribution in [0, 0.1) is 0 Å². The molecule has 0 aliphatic carbocycles. The molecule has 8 heteroatoms. The molecule has 0 aliphatic rings. The van der Waals surface area contributed by atoms with Gasteiger partial charge in [-0.3, -0.25) is 9.36 Å². The lowest BCUT2D eigenvalue weighted by Crippen LogP contribution is -2.14. The number of imidazole rings is 1. The highest BCUT2D eigenvalue weighted by Crippen LogP contribution is 2.19. The molecule has 29 heavy (non-hydrogen) atoms. The molecule has 144 valence electrons. The van der Waals surface area contributed by atoms with E-state index < -0.39 is 0 Å². The van der Waals surface area contributed by atoms with Gasteiger partial charge in [0.25, 0.3) is 0 Å². The van der Waals surface area contributed by atoms with E-state index in [-0.39, 0.29) is 12.3 Å². The van der Waals surface area contributed by atoms with Crippen LogP contribution < -0.4 is 10.6 Å². The summed E-state index contributed by atoms with van der Waals surface area (Å²) in [7, 11) is 0. The first kappa shape index (κ1) is 18.6. The Balaban J connectivity index is 1.37. The number of aromatic nitrogens is 4. The Morgan fingerprint density at radius 1 is 1.00 bits per heavy atom. The Bertz CT molecular complexity index is 1090. The molecular weight excluding hydrogens is 388 g/mol. The van der Waals surface area contributed by atoms with Gasteiger partial charge in [0.1, 0.15) is 24.3 Å². The molecule has 2 heterocycles. The minimum atomic E-state index is -0.0891. The third-order valence-electron chi connectivity index (χ3n) is 4.14. The number of carbonyl (C=O) groups is 1. The highest BCUT2D eigenvalue weighted by Gasteiger charge is 2.05. The van der Waals surface area contributed by atoms with Crippen molar-refractivity contribution in [2.24, 2.45) is 0 Å². The Hall–Kier alpha value is -3.71. The zero-order valence-corrected chi connectivity index (χ0v) is 16.0. The summed E-state index contributed by atoms with van der Waals surface area (Å²) in [6.45, 7) is 0. The van der Waals surface area contributed by atoms with Crippen molar-refractivity contribution in [1.82, 2.24) is 19.5 Å². The van der Waals surface area contributed by atoms with E-state index in [1.807, 2.05) is 48.7 Å². The van der Waals surface area contributed by atoms with Gasteiger partial charge in [-0.15, -0.1) is 0 Å². The number of amides is 1. The van der Waals surface area contributed by atoms with Crippen molar-refractivity contribution in [1.29, 1.82) is 0 Å². The molecule has 0 fully saturated rings. The normalized spacial score (nSPS) is 10.5. The van der Waals surface area contributed by atoms with Crippen molar-refractivity contribution in [3.05, 3.63) is 90.2 Å². The van der Waals surface area contributed by atoms with Crippen LogP contribution in [-0.4, -0.2) is 25.4 Å². The first-order valence-electron chi connectivity index (χ1n) is 8.87. The average Bonchev–Trinajstić information content (AvgIpc) is 3.26. The van der Waals surface area contributed by atoms with E-state index in [2.05, 4.69) is 25.6 Å². The van der Waals surface area contributed by atoms with Crippen LogP contribution >= 0.6 is 11.6 Å². The lowest BCUT2D eigenvalue weighted by Gasteiger charge is -2.09. The summed E-state index contributed by atoms with van der Waals surface area (Å²) in [5, 5.41) is 6.76. The van der Waals surface area contributed by atoms with Crippen LogP contribution in [0.25, 0.3) is 5.82 Å². The number of carbonyl (C=O) groups excluding carboxylic acids is 1. The highest BCUT2D eigenvalue weighted by atomic mass is 35.5. The third-order valence-corrected chi connectivity index (χ3v) is 4.39. The number of hydrogen-bond donors (Lipinski definition) is 2. The quantitative estimate of drug-likeness (QED) is 0.502. The molecule has 0 unspecified atom stereocenters. The number of nitrogens with zero attached hydrogens (tertiary/aromatic N) is 4. The summed E-state index contributed by atoms with van der Waals surface area (Å²) in [6.07, 6.45) is 6.95. The van der Waals surface area contributed by atoms with Crippen molar-refractivity contribution in [3.8, 4) is 5.82 Å². The number of rotatable bonds is 6. The van der Waals surface area contributed by atoms with E-state index in [1.54, 1.807) is 29.2 Å². The number of hydrogen-bond acceptors (Lipinski definition) is 5. The Morgan fingerprint density at radius 2 is 1.76 bits per heavy atom. The maximum absolute atomic E-state index is 12.2. The third kappa shape index (κ3) is 4.97. The van der Waals surface area contributed by atoms with Crippen molar-refractivity contribution >= 4 is 34.7 Å². The van der Waals surface area contributed by atoms with Gasteiger partial charge in [0.2, 0.25) is 5.91 Å². The molecular formula is C21H17ClN6O. The lowest BCUT2D eigenvalue weighted by atomic mass is 10.1. The Morgan fingerprint density at radius 3 is 2.48 bits per heavy atom. The first-order valence-corrected chi connectivity index (χ1v) is 9.25. The molecule has 4 aromatic rings. The Labute approximate surface area is 172 Å². The summed E-state index contributed by atoms with van der Waals surface area (Å²) in [6, 6.07) is 16.5. The topological polar surface area (TPSA) is 84.7 Å². The summed E-state index contributed by atoms with van der Waals surface area (Å²) >= 11 is 5.87. The minimum absolute atomic E-state index is 0.0891. The van der Waals surface area contributed by atoms with Crippen LogP contribution in [0.3, 0.4) is 0 Å². The molecule has 2 aromatic carbocycles. The molecule has 1 amide bonds. The fourth-order valence-electron chi connectivity index (χ4n) is 2.73. The van der Waals surface area contributed by atoms with Gasteiger partial charge in [-0.05, 0) is 42.0 Å². The molecule has 0 spiro atoms. The van der Waals surface area contributed by atoms with Gasteiger partial charge in [-0.2, -0.15) is 0 Å². The van der Waals surface area contributed by atoms with Gasteiger partial charge in [-0.1, -0.05) is 23.7 Å². The number of nitrogens with one attached hydrogen (secondary N) is 2. The monoisotopic (exact) mass is 404 g/mol. The van der Waals surface area contributed by atoms with Gasteiger partial charge < -0.3 is 10.6 Å². The number of anilines is 3. The van der Waals surface area contributed by atoms with E-state index in [0.717, 1.165) is 16.9 Å². The van der Waals surface area contributed by atoms with Gasteiger partial charge in [0.15, 0.2) is 0 Å². The molecule has 0 bridgehead atoms. The molecule has 0 radical (unpaired) electrons. The smallest absolute Gasteiger partial charge is 0.228 e. The van der Waals surface area contributed by atoms with Crippen LogP contribution in [0.15, 0.2) is 79.6 Å². The summed E-state index contributed by atoms with van der Waals surface area (Å²) < 4.78 is 1.80. The fraction of sp³-hybridized carbons (Fsp3) is 0.0476. The molecule has 0 saturated carbocycles. The summed E-state index contributed by atoms with van der Waals surface area (Å²) in [5.74, 6) is 1.28. The SMILES string of the molecule is O=C(Cc1ccc(Cl)cc1)Nc1ccc(Nc2cc(-n3ccnc3)ncn2)cc1. The number of benzene rings is 2. The van der Waals surface area contributed by atoms with E-state index in [0.29, 0.717) is 16.7 Å². The van der Waals surface area contributed by atoms with E-state index in [9.17, 15) is 4.79 Å². The number of halogens is 1.